The number of hydrogen-bond donors (Lipinski definition) is 0. The van der Waals surface area contributed by atoms with E-state index in [2.05, 4.69) is 98.0 Å². The Kier molecular flexibility index (Phi) is 4.39. The molecular weight excluding hydrogens is 581 g/mol. The molecule has 33 heavy (non-hydrogen) atoms. The number of fused-ring (bicyclic) bond motifs is 13. The molecule has 3 heteroatoms. The molecule has 0 aliphatic heterocycles. The van der Waals surface area contributed by atoms with E-state index < -0.39 is 0 Å². The number of pyridine rings is 1. The molecule has 0 saturated carbocycles. The molecule has 0 amide bonds. The van der Waals surface area contributed by atoms with Gasteiger partial charge in [0.15, 0.2) is 0 Å². The Morgan fingerprint density at radius 1 is 0.727 bits per heavy atom. The van der Waals surface area contributed by atoms with Crippen LogP contribution in [0.3, 0.4) is 0 Å². The first-order valence-electron chi connectivity index (χ1n) is 11.1. The minimum absolute atomic E-state index is 0. The zero-order valence-corrected chi connectivity index (χ0v) is 21.1. The summed E-state index contributed by atoms with van der Waals surface area (Å²) in [5.74, 6) is 0. The molecule has 0 saturated heterocycles. The standard InChI is InChI=1S/C30H21N2.Ir/c1-17-14-18(2)29-26(15-17)28-25(30-31-16-19(3)32(29)30)13-12-24-22-10-5-4-8-20(22)21-9-6-7-11-23(21)27(24)28;/h4-12,14-16H,1-3H3;/q-1;. The molecule has 0 fully saturated rings. The van der Waals surface area contributed by atoms with Gasteiger partial charge in [-0.15, -0.1) is 12.1 Å². The fourth-order valence-corrected chi connectivity index (χ4v) is 5.72. The third kappa shape index (κ3) is 2.61. The third-order valence-electron chi connectivity index (χ3n) is 6.93. The van der Waals surface area contributed by atoms with E-state index in [1.165, 1.54) is 59.7 Å². The number of hydrogen-bond acceptors (Lipinski definition) is 1. The molecule has 5 aromatic carbocycles. The number of aryl methyl sites for hydroxylation is 3. The van der Waals surface area contributed by atoms with Crippen molar-refractivity contribution in [2.24, 2.45) is 0 Å². The summed E-state index contributed by atoms with van der Waals surface area (Å²) in [7, 11) is 0. The Labute approximate surface area is 205 Å². The normalized spacial score (nSPS) is 11.8. The van der Waals surface area contributed by atoms with Crippen LogP contribution in [0.25, 0.3) is 59.6 Å². The molecule has 2 aromatic heterocycles. The van der Waals surface area contributed by atoms with Gasteiger partial charge in [-0.05, 0) is 47.9 Å². The SMILES string of the molecule is Cc1cc(C)c2c(c1)c1c([c-]cc3c4ccccc4c4ccccc4c31)c1ncc(C)n12.[Ir]. The third-order valence-corrected chi connectivity index (χ3v) is 6.93. The second-order valence-corrected chi connectivity index (χ2v) is 8.96. The number of rotatable bonds is 0. The van der Waals surface area contributed by atoms with Crippen molar-refractivity contribution in [1.29, 1.82) is 0 Å². The number of benzene rings is 5. The van der Waals surface area contributed by atoms with Gasteiger partial charge in [0, 0.05) is 37.5 Å². The Morgan fingerprint density at radius 3 is 2.09 bits per heavy atom. The Hall–Kier alpha value is -3.26. The van der Waals surface area contributed by atoms with Crippen LogP contribution in [0.15, 0.2) is 72.9 Å². The van der Waals surface area contributed by atoms with E-state index >= 15 is 0 Å². The summed E-state index contributed by atoms with van der Waals surface area (Å²) in [5.41, 5.74) is 5.92. The van der Waals surface area contributed by atoms with Gasteiger partial charge in [-0.1, -0.05) is 93.2 Å². The van der Waals surface area contributed by atoms with E-state index in [4.69, 9.17) is 4.98 Å². The summed E-state index contributed by atoms with van der Waals surface area (Å²) in [6.07, 6.45) is 1.98. The van der Waals surface area contributed by atoms with Gasteiger partial charge < -0.3 is 4.40 Å². The quantitative estimate of drug-likeness (QED) is 0.128. The van der Waals surface area contributed by atoms with Gasteiger partial charge in [0.05, 0.1) is 5.65 Å². The van der Waals surface area contributed by atoms with Crippen LogP contribution in [0, 0.1) is 26.8 Å². The molecule has 0 spiro atoms. The zero-order valence-electron chi connectivity index (χ0n) is 18.7. The van der Waals surface area contributed by atoms with Crippen molar-refractivity contribution in [2.75, 3.05) is 0 Å². The molecule has 0 aliphatic rings. The van der Waals surface area contributed by atoms with Crippen molar-refractivity contribution in [1.82, 2.24) is 9.38 Å². The van der Waals surface area contributed by atoms with E-state index in [9.17, 15) is 0 Å². The topological polar surface area (TPSA) is 17.3 Å². The van der Waals surface area contributed by atoms with E-state index in [1.54, 1.807) is 0 Å². The van der Waals surface area contributed by atoms with Gasteiger partial charge in [-0.25, -0.2) is 0 Å². The van der Waals surface area contributed by atoms with E-state index in [0.29, 0.717) is 0 Å². The maximum atomic E-state index is 4.84. The van der Waals surface area contributed by atoms with Gasteiger partial charge in [0.1, 0.15) is 0 Å². The molecule has 1 radical (unpaired) electrons. The maximum absolute atomic E-state index is 4.84. The van der Waals surface area contributed by atoms with Crippen LogP contribution < -0.4 is 0 Å². The minimum atomic E-state index is 0. The van der Waals surface area contributed by atoms with Crippen molar-refractivity contribution in [2.45, 2.75) is 20.8 Å². The van der Waals surface area contributed by atoms with Crippen molar-refractivity contribution >= 4 is 59.6 Å². The maximum Gasteiger partial charge on any atom is 0.0611 e. The molecule has 0 aliphatic carbocycles. The number of aromatic nitrogens is 2. The summed E-state index contributed by atoms with van der Waals surface area (Å²) in [6, 6.07) is 28.0. The monoisotopic (exact) mass is 602 g/mol. The largest absolute Gasteiger partial charge is 0.337 e. The predicted molar refractivity (Wildman–Crippen MR) is 136 cm³/mol. The molecule has 0 unspecified atom stereocenters. The van der Waals surface area contributed by atoms with Crippen LogP contribution in [0.1, 0.15) is 16.8 Å². The average molecular weight is 602 g/mol. The first kappa shape index (κ1) is 20.4. The summed E-state index contributed by atoms with van der Waals surface area (Å²) >= 11 is 0. The van der Waals surface area contributed by atoms with E-state index in [0.717, 1.165) is 16.7 Å². The molecular formula is C30H21IrN2-. The first-order chi connectivity index (χ1) is 15.6. The van der Waals surface area contributed by atoms with Gasteiger partial charge >= 0.3 is 0 Å². The fourth-order valence-electron chi connectivity index (χ4n) is 5.72. The van der Waals surface area contributed by atoms with Crippen LogP contribution in [0.2, 0.25) is 0 Å². The van der Waals surface area contributed by atoms with Crippen LogP contribution in [0.4, 0.5) is 0 Å². The Bertz CT molecular complexity index is 1880. The molecule has 0 atom stereocenters. The summed E-state index contributed by atoms with van der Waals surface area (Å²) in [5, 5.41) is 11.3. The smallest absolute Gasteiger partial charge is 0.0611 e. The molecule has 2 nitrogen and oxygen atoms in total. The Balaban J connectivity index is 0.00000206. The summed E-state index contributed by atoms with van der Waals surface area (Å²) in [6.45, 7) is 6.53. The van der Waals surface area contributed by atoms with Crippen molar-refractivity contribution in [3.8, 4) is 0 Å². The van der Waals surface area contributed by atoms with Gasteiger partial charge in [-0.2, -0.15) is 0 Å². The Morgan fingerprint density at radius 2 is 1.36 bits per heavy atom. The summed E-state index contributed by atoms with van der Waals surface area (Å²) in [4.78, 5) is 4.84. The van der Waals surface area contributed by atoms with Gasteiger partial charge in [0.2, 0.25) is 0 Å². The molecule has 7 aromatic rings. The average Bonchev–Trinajstić information content (AvgIpc) is 3.20. The molecule has 0 bridgehead atoms. The number of nitrogens with zero attached hydrogens (tertiary/aromatic N) is 2. The predicted octanol–water partition coefficient (Wildman–Crippen LogP) is 7.82. The second kappa shape index (κ2) is 7.12. The first-order valence-corrected chi connectivity index (χ1v) is 11.1. The van der Waals surface area contributed by atoms with E-state index in [-0.39, 0.29) is 20.1 Å². The van der Waals surface area contributed by atoms with E-state index in [1.807, 2.05) is 6.20 Å². The summed E-state index contributed by atoms with van der Waals surface area (Å²) < 4.78 is 2.30. The fraction of sp³-hybridized carbons (Fsp3) is 0.100. The van der Waals surface area contributed by atoms with Gasteiger partial charge in [0.25, 0.3) is 0 Å². The number of imidazole rings is 1. The molecule has 2 heterocycles. The van der Waals surface area contributed by atoms with Crippen molar-refractivity contribution in [3.05, 3.63) is 95.8 Å². The van der Waals surface area contributed by atoms with Crippen LogP contribution in [-0.4, -0.2) is 9.38 Å². The second-order valence-electron chi connectivity index (χ2n) is 8.96. The zero-order chi connectivity index (χ0) is 21.6. The van der Waals surface area contributed by atoms with Crippen LogP contribution in [-0.2, 0) is 20.1 Å². The molecule has 7 rings (SSSR count). The molecule has 161 valence electrons. The van der Waals surface area contributed by atoms with Gasteiger partial charge in [-0.3, -0.25) is 4.98 Å². The van der Waals surface area contributed by atoms with Crippen LogP contribution >= 0.6 is 0 Å². The minimum Gasteiger partial charge on any atom is -0.337 e. The van der Waals surface area contributed by atoms with Crippen molar-refractivity contribution in [3.63, 3.8) is 0 Å². The van der Waals surface area contributed by atoms with Crippen molar-refractivity contribution < 1.29 is 20.1 Å². The molecule has 0 N–H and O–H groups in total. The van der Waals surface area contributed by atoms with Crippen LogP contribution in [0.5, 0.6) is 0 Å².